The Hall–Kier alpha value is -2.95. The van der Waals surface area contributed by atoms with Gasteiger partial charge in [0.05, 0.1) is 11.5 Å². The summed E-state index contributed by atoms with van der Waals surface area (Å²) in [6, 6.07) is 24.6. The fourth-order valence-corrected chi connectivity index (χ4v) is 3.89. The predicted molar refractivity (Wildman–Crippen MR) is 132 cm³/mol. The number of fused-ring (bicyclic) bond motifs is 1. The van der Waals surface area contributed by atoms with Crippen molar-refractivity contribution in [3.8, 4) is 0 Å². The van der Waals surface area contributed by atoms with Gasteiger partial charge in [-0.25, -0.2) is 0 Å². The highest BCUT2D eigenvalue weighted by molar-refractivity contribution is 5.86. The molecule has 4 heteroatoms. The van der Waals surface area contributed by atoms with Crippen molar-refractivity contribution in [3.63, 3.8) is 0 Å². The van der Waals surface area contributed by atoms with E-state index in [2.05, 4.69) is 60.0 Å². The van der Waals surface area contributed by atoms with Gasteiger partial charge in [0, 0.05) is 19.2 Å². The maximum Gasteiger partial charge on any atom is 0.229 e. The highest BCUT2D eigenvalue weighted by atomic mass is 16.3. The summed E-state index contributed by atoms with van der Waals surface area (Å²) in [5.74, 6) is -0.0573. The highest BCUT2D eigenvalue weighted by Gasteiger charge is 2.27. The Morgan fingerprint density at radius 3 is 2.44 bits per heavy atom. The minimum atomic E-state index is -0.660. The van der Waals surface area contributed by atoms with E-state index >= 15 is 0 Å². The molecule has 0 aromatic heterocycles. The number of aliphatic hydroxyl groups excluding tert-OH is 1. The third kappa shape index (κ3) is 6.06. The van der Waals surface area contributed by atoms with E-state index in [4.69, 9.17) is 0 Å². The lowest BCUT2D eigenvalue weighted by Crippen LogP contribution is -2.38. The van der Waals surface area contributed by atoms with Crippen molar-refractivity contribution in [3.05, 3.63) is 96.1 Å². The molecular weight excluding hydrogens is 396 g/mol. The molecule has 3 aromatic carbocycles. The predicted octanol–water partition coefficient (Wildman–Crippen LogP) is 5.31. The van der Waals surface area contributed by atoms with Crippen LogP contribution in [0, 0.1) is 5.41 Å². The van der Waals surface area contributed by atoms with Gasteiger partial charge in [0.2, 0.25) is 5.91 Å². The van der Waals surface area contributed by atoms with Gasteiger partial charge in [-0.05, 0) is 49.1 Å². The second-order valence-corrected chi connectivity index (χ2v) is 8.77. The highest BCUT2D eigenvalue weighted by Crippen LogP contribution is 2.25. The lowest BCUT2D eigenvalue weighted by molar-refractivity contribution is -0.128. The number of hydrogen-bond donors (Lipinski definition) is 3. The molecule has 0 radical (unpaired) electrons. The van der Waals surface area contributed by atoms with Crippen LogP contribution in [0.15, 0.2) is 84.9 Å². The minimum Gasteiger partial charge on any atom is -0.396 e. The van der Waals surface area contributed by atoms with Crippen LogP contribution < -0.4 is 10.6 Å². The van der Waals surface area contributed by atoms with E-state index in [9.17, 15) is 9.90 Å². The molecule has 3 rings (SSSR count). The smallest absolute Gasteiger partial charge is 0.229 e. The SMILES string of the molecule is C[C@@H](NC/C=C/C(C)(C)C(=O)NC(CCO)c1ccccc1)c1cccc2ccccc12. The summed E-state index contributed by atoms with van der Waals surface area (Å²) in [5, 5.41) is 18.6. The molecule has 168 valence electrons. The van der Waals surface area contributed by atoms with E-state index in [0.29, 0.717) is 13.0 Å². The van der Waals surface area contributed by atoms with E-state index in [1.54, 1.807) is 0 Å². The zero-order valence-corrected chi connectivity index (χ0v) is 19.2. The van der Waals surface area contributed by atoms with Gasteiger partial charge in [0.1, 0.15) is 0 Å². The number of hydrogen-bond acceptors (Lipinski definition) is 3. The molecule has 4 nitrogen and oxygen atoms in total. The van der Waals surface area contributed by atoms with Gasteiger partial charge in [0.25, 0.3) is 0 Å². The first kappa shape index (κ1) is 23.7. The van der Waals surface area contributed by atoms with Crippen LogP contribution in [0.1, 0.15) is 50.4 Å². The van der Waals surface area contributed by atoms with Crippen molar-refractivity contribution >= 4 is 16.7 Å². The fraction of sp³-hybridized carbons (Fsp3) is 0.321. The molecule has 32 heavy (non-hydrogen) atoms. The molecule has 1 unspecified atom stereocenters. The van der Waals surface area contributed by atoms with E-state index in [1.165, 1.54) is 16.3 Å². The molecule has 0 heterocycles. The number of amides is 1. The van der Waals surface area contributed by atoms with Crippen LogP contribution in [0.3, 0.4) is 0 Å². The van der Waals surface area contributed by atoms with Crippen LogP contribution in [-0.4, -0.2) is 24.2 Å². The molecule has 0 saturated heterocycles. The van der Waals surface area contributed by atoms with Crippen LogP contribution in [-0.2, 0) is 4.79 Å². The van der Waals surface area contributed by atoms with E-state index in [-0.39, 0.29) is 24.6 Å². The second-order valence-electron chi connectivity index (χ2n) is 8.77. The summed E-state index contributed by atoms with van der Waals surface area (Å²) >= 11 is 0. The fourth-order valence-electron chi connectivity index (χ4n) is 3.89. The molecule has 0 bridgehead atoms. The van der Waals surface area contributed by atoms with Gasteiger partial charge < -0.3 is 15.7 Å². The van der Waals surface area contributed by atoms with Crippen LogP contribution in [0.25, 0.3) is 10.8 Å². The maximum absolute atomic E-state index is 13.0. The molecule has 0 aliphatic carbocycles. The first-order valence-electron chi connectivity index (χ1n) is 11.3. The second kappa shape index (κ2) is 11.1. The van der Waals surface area contributed by atoms with Crippen molar-refractivity contribution in [2.24, 2.45) is 5.41 Å². The third-order valence-electron chi connectivity index (χ3n) is 5.88. The Morgan fingerprint density at radius 1 is 1.00 bits per heavy atom. The molecule has 3 aromatic rings. The Bertz CT molecular complexity index is 1040. The number of nitrogens with one attached hydrogen (secondary N) is 2. The summed E-state index contributed by atoms with van der Waals surface area (Å²) in [4.78, 5) is 13.0. The maximum atomic E-state index is 13.0. The number of carbonyl (C=O) groups excluding carboxylic acids is 1. The van der Waals surface area contributed by atoms with Crippen molar-refractivity contribution in [1.82, 2.24) is 10.6 Å². The molecular formula is C28H34N2O2. The molecule has 0 spiro atoms. The number of benzene rings is 3. The van der Waals surface area contributed by atoms with Crippen molar-refractivity contribution in [2.75, 3.05) is 13.2 Å². The van der Waals surface area contributed by atoms with Crippen molar-refractivity contribution in [2.45, 2.75) is 39.3 Å². The van der Waals surface area contributed by atoms with Crippen LogP contribution in [0.5, 0.6) is 0 Å². The Labute approximate surface area is 191 Å². The van der Waals surface area contributed by atoms with Gasteiger partial charge >= 0.3 is 0 Å². The van der Waals surface area contributed by atoms with Gasteiger partial charge in [0.15, 0.2) is 0 Å². The molecule has 0 aliphatic heterocycles. The zero-order valence-electron chi connectivity index (χ0n) is 19.2. The zero-order chi connectivity index (χ0) is 23.0. The van der Waals surface area contributed by atoms with Crippen LogP contribution >= 0.6 is 0 Å². The Balaban J connectivity index is 1.59. The Morgan fingerprint density at radius 2 is 1.69 bits per heavy atom. The monoisotopic (exact) mass is 430 g/mol. The summed E-state index contributed by atoms with van der Waals surface area (Å²) in [6.07, 6.45) is 4.45. The number of rotatable bonds is 10. The average molecular weight is 431 g/mol. The molecule has 1 amide bonds. The summed E-state index contributed by atoms with van der Waals surface area (Å²) in [7, 11) is 0. The van der Waals surface area contributed by atoms with E-state index in [1.807, 2.05) is 56.3 Å². The largest absolute Gasteiger partial charge is 0.396 e. The number of carbonyl (C=O) groups is 1. The van der Waals surface area contributed by atoms with Gasteiger partial charge in [-0.2, -0.15) is 0 Å². The van der Waals surface area contributed by atoms with Crippen molar-refractivity contribution < 1.29 is 9.90 Å². The molecule has 0 aliphatic rings. The van der Waals surface area contributed by atoms with Crippen molar-refractivity contribution in [1.29, 1.82) is 0 Å². The topological polar surface area (TPSA) is 61.4 Å². The first-order valence-corrected chi connectivity index (χ1v) is 11.3. The quantitative estimate of drug-likeness (QED) is 0.382. The van der Waals surface area contributed by atoms with Gasteiger partial charge in [-0.1, -0.05) is 84.9 Å². The summed E-state index contributed by atoms with van der Waals surface area (Å²) in [5.41, 5.74) is 1.61. The van der Waals surface area contributed by atoms with Gasteiger partial charge in [-0.3, -0.25) is 4.79 Å². The number of aliphatic hydroxyl groups is 1. The first-order chi connectivity index (χ1) is 15.4. The summed E-state index contributed by atoms with van der Waals surface area (Å²) in [6.45, 7) is 6.67. The molecule has 0 fully saturated rings. The lowest BCUT2D eigenvalue weighted by atomic mass is 9.90. The average Bonchev–Trinajstić information content (AvgIpc) is 2.81. The van der Waals surface area contributed by atoms with Crippen LogP contribution in [0.2, 0.25) is 0 Å². The molecule has 3 N–H and O–H groups in total. The van der Waals surface area contributed by atoms with Crippen LogP contribution in [0.4, 0.5) is 0 Å². The third-order valence-corrected chi connectivity index (χ3v) is 5.88. The molecule has 0 saturated carbocycles. The summed E-state index contributed by atoms with van der Waals surface area (Å²) < 4.78 is 0. The molecule has 2 atom stereocenters. The lowest BCUT2D eigenvalue weighted by Gasteiger charge is -2.25. The normalized spacial score (nSPS) is 13.9. The Kier molecular flexibility index (Phi) is 8.20. The standard InChI is InChI=1S/C28H34N2O2/c1-21(24-16-9-14-22-11-7-8-15-25(22)24)29-19-10-18-28(2,3)27(32)30-26(17-20-31)23-12-5-4-6-13-23/h4-16,18,21,26,29,31H,17,19-20H2,1-3H3,(H,30,32)/b18-10+/t21-,26?/m1/s1. The van der Waals surface area contributed by atoms with Gasteiger partial charge in [-0.15, -0.1) is 0 Å². The minimum absolute atomic E-state index is 0.0199. The van der Waals surface area contributed by atoms with E-state index in [0.717, 1.165) is 5.56 Å². The van der Waals surface area contributed by atoms with E-state index < -0.39 is 5.41 Å².